The van der Waals surface area contributed by atoms with Gasteiger partial charge in [-0.25, -0.2) is 0 Å². The molecule has 130 valence electrons. The second kappa shape index (κ2) is 7.25. The summed E-state index contributed by atoms with van der Waals surface area (Å²) in [5.74, 6) is -1.58. The van der Waals surface area contributed by atoms with E-state index in [-0.39, 0.29) is 24.5 Å². The highest BCUT2D eigenvalue weighted by Gasteiger charge is 2.44. The smallest absolute Gasteiger partial charge is 0.290 e. The minimum absolute atomic E-state index is 0.0124. The molecule has 1 aliphatic rings. The number of carbonyl (C=O) groups excluding carboxylic acids is 2. The van der Waals surface area contributed by atoms with E-state index in [0.717, 1.165) is 4.47 Å². The largest absolute Gasteiger partial charge is 0.503 e. The molecule has 0 aliphatic carbocycles. The topological polar surface area (TPSA) is 80.0 Å². The molecule has 1 N–H and O–H groups in total. The Bertz CT molecular complexity index is 811. The monoisotopic (exact) mass is 405 g/mol. The molecule has 0 saturated carbocycles. The fourth-order valence-electron chi connectivity index (χ4n) is 2.84. The van der Waals surface area contributed by atoms with Gasteiger partial charge in [0.15, 0.2) is 11.5 Å². The van der Waals surface area contributed by atoms with Gasteiger partial charge in [-0.2, -0.15) is 0 Å². The Morgan fingerprint density at radius 2 is 2.04 bits per heavy atom. The number of halogens is 1. The molecular formula is C18H16BrNO5. The van der Waals surface area contributed by atoms with E-state index in [2.05, 4.69) is 15.9 Å². The van der Waals surface area contributed by atoms with Crippen molar-refractivity contribution >= 4 is 27.6 Å². The van der Waals surface area contributed by atoms with Crippen LogP contribution in [0.5, 0.6) is 0 Å². The lowest BCUT2D eigenvalue weighted by molar-refractivity contribution is -0.130. The number of carbonyl (C=O) groups is 2. The van der Waals surface area contributed by atoms with E-state index in [9.17, 15) is 14.7 Å². The number of rotatable bonds is 6. The zero-order valence-corrected chi connectivity index (χ0v) is 15.0. The third-order valence-electron chi connectivity index (χ3n) is 4.02. The zero-order chi connectivity index (χ0) is 18.0. The van der Waals surface area contributed by atoms with Crippen LogP contribution in [0.4, 0.5) is 0 Å². The van der Waals surface area contributed by atoms with Crippen molar-refractivity contribution in [1.29, 1.82) is 0 Å². The van der Waals surface area contributed by atoms with Crippen LogP contribution in [0.1, 0.15) is 22.2 Å². The fraction of sp³-hybridized carbons (Fsp3) is 0.222. The normalized spacial score (nSPS) is 17.4. The molecule has 1 aliphatic heterocycles. The number of benzene rings is 1. The van der Waals surface area contributed by atoms with Crippen LogP contribution in [0.15, 0.2) is 62.9 Å². The van der Waals surface area contributed by atoms with Crippen LogP contribution in [-0.2, 0) is 9.53 Å². The van der Waals surface area contributed by atoms with Crippen LogP contribution in [0.2, 0.25) is 0 Å². The molecule has 0 fully saturated rings. The first-order valence-electron chi connectivity index (χ1n) is 7.61. The standard InChI is InChI=1S/C18H16BrNO5/c1-24-10-8-20-15(11-4-6-12(19)7-5-11)14(17(22)18(20)23)16(21)13-3-2-9-25-13/h2-7,9,15,22H,8,10H2,1H3/t15-/m0/s1. The SMILES string of the molecule is COCCN1C(=O)C(O)=C(C(=O)c2ccco2)[C@@H]1c1ccc(Br)cc1. The van der Waals surface area contributed by atoms with Gasteiger partial charge in [-0.15, -0.1) is 0 Å². The van der Waals surface area contributed by atoms with Crippen LogP contribution < -0.4 is 0 Å². The maximum absolute atomic E-state index is 12.8. The second-order valence-corrected chi connectivity index (χ2v) is 6.43. The summed E-state index contributed by atoms with van der Waals surface area (Å²) >= 11 is 3.37. The van der Waals surface area contributed by atoms with Gasteiger partial charge in [0.1, 0.15) is 0 Å². The lowest BCUT2D eigenvalue weighted by Gasteiger charge is -2.26. The number of aliphatic hydroxyl groups is 1. The van der Waals surface area contributed by atoms with Gasteiger partial charge in [-0.1, -0.05) is 28.1 Å². The first-order valence-corrected chi connectivity index (χ1v) is 8.40. The number of aliphatic hydroxyl groups excluding tert-OH is 1. The van der Waals surface area contributed by atoms with E-state index in [1.165, 1.54) is 24.3 Å². The Kier molecular flexibility index (Phi) is 5.06. The lowest BCUT2D eigenvalue weighted by Crippen LogP contribution is -2.33. The van der Waals surface area contributed by atoms with Crippen molar-refractivity contribution in [2.45, 2.75) is 6.04 Å². The molecule has 0 saturated heterocycles. The van der Waals surface area contributed by atoms with Crippen LogP contribution >= 0.6 is 15.9 Å². The molecule has 1 atom stereocenters. The molecule has 0 bridgehead atoms. The summed E-state index contributed by atoms with van der Waals surface area (Å²) in [4.78, 5) is 26.7. The summed E-state index contributed by atoms with van der Waals surface area (Å²) in [5, 5.41) is 10.4. The number of furan rings is 1. The highest BCUT2D eigenvalue weighted by molar-refractivity contribution is 9.10. The first-order chi connectivity index (χ1) is 12.0. The summed E-state index contributed by atoms with van der Waals surface area (Å²) in [6, 6.07) is 9.62. The number of ketones is 1. The number of nitrogens with zero attached hydrogens (tertiary/aromatic N) is 1. The van der Waals surface area contributed by atoms with Crippen molar-refractivity contribution in [3.63, 3.8) is 0 Å². The van der Waals surface area contributed by atoms with Gasteiger partial charge in [0, 0.05) is 18.1 Å². The van der Waals surface area contributed by atoms with Gasteiger partial charge in [-0.05, 0) is 29.8 Å². The predicted octanol–water partition coefficient (Wildman–Crippen LogP) is 3.27. The highest BCUT2D eigenvalue weighted by Crippen LogP contribution is 2.39. The van der Waals surface area contributed by atoms with Crippen molar-refractivity contribution in [3.05, 3.63) is 69.8 Å². The summed E-state index contributed by atoms with van der Waals surface area (Å²) in [6.45, 7) is 0.531. The van der Waals surface area contributed by atoms with Crippen LogP contribution in [0, 0.1) is 0 Å². The predicted molar refractivity (Wildman–Crippen MR) is 93.2 cm³/mol. The second-order valence-electron chi connectivity index (χ2n) is 5.51. The Hall–Kier alpha value is -2.38. The van der Waals surface area contributed by atoms with Gasteiger partial charge >= 0.3 is 0 Å². The quantitative estimate of drug-likeness (QED) is 0.745. The Morgan fingerprint density at radius 3 is 2.64 bits per heavy atom. The van der Waals surface area contributed by atoms with E-state index < -0.39 is 23.5 Å². The molecule has 0 unspecified atom stereocenters. The van der Waals surface area contributed by atoms with Gasteiger partial charge in [0.25, 0.3) is 5.91 Å². The molecule has 1 amide bonds. The van der Waals surface area contributed by atoms with Gasteiger partial charge in [-0.3, -0.25) is 9.59 Å². The molecule has 0 radical (unpaired) electrons. The molecular weight excluding hydrogens is 390 g/mol. The minimum atomic E-state index is -0.701. The number of hydrogen-bond donors (Lipinski definition) is 1. The van der Waals surface area contributed by atoms with Gasteiger partial charge in [0.05, 0.1) is 24.5 Å². The van der Waals surface area contributed by atoms with Gasteiger partial charge in [0.2, 0.25) is 5.78 Å². The van der Waals surface area contributed by atoms with E-state index in [1.54, 1.807) is 18.2 Å². The average molecular weight is 406 g/mol. The molecule has 25 heavy (non-hydrogen) atoms. The number of ether oxygens (including phenoxy) is 1. The molecule has 1 aromatic carbocycles. The van der Waals surface area contributed by atoms with Gasteiger partial charge < -0.3 is 19.2 Å². The maximum Gasteiger partial charge on any atom is 0.290 e. The molecule has 7 heteroatoms. The third-order valence-corrected chi connectivity index (χ3v) is 4.54. The van der Waals surface area contributed by atoms with E-state index in [1.807, 2.05) is 12.1 Å². The van der Waals surface area contributed by atoms with E-state index in [4.69, 9.17) is 9.15 Å². The Morgan fingerprint density at radius 1 is 1.32 bits per heavy atom. The highest BCUT2D eigenvalue weighted by atomic mass is 79.9. The van der Waals surface area contributed by atoms with E-state index in [0.29, 0.717) is 5.56 Å². The molecule has 6 nitrogen and oxygen atoms in total. The fourth-order valence-corrected chi connectivity index (χ4v) is 3.10. The van der Waals surface area contributed by atoms with Crippen LogP contribution in [-0.4, -0.2) is 42.0 Å². The number of amides is 1. The van der Waals surface area contributed by atoms with Crippen molar-refractivity contribution in [3.8, 4) is 0 Å². The molecule has 3 rings (SSSR count). The molecule has 1 aromatic heterocycles. The van der Waals surface area contributed by atoms with Crippen molar-refractivity contribution < 1.29 is 23.8 Å². The van der Waals surface area contributed by atoms with Crippen molar-refractivity contribution in [2.75, 3.05) is 20.3 Å². The average Bonchev–Trinajstić information content (AvgIpc) is 3.22. The Balaban J connectivity index is 2.06. The van der Waals surface area contributed by atoms with Crippen molar-refractivity contribution in [2.24, 2.45) is 0 Å². The van der Waals surface area contributed by atoms with E-state index >= 15 is 0 Å². The summed E-state index contributed by atoms with van der Waals surface area (Å²) in [5.41, 5.74) is 0.727. The number of hydrogen-bond acceptors (Lipinski definition) is 5. The molecule has 0 spiro atoms. The molecule has 2 aromatic rings. The summed E-state index contributed by atoms with van der Waals surface area (Å²) in [7, 11) is 1.53. The Labute approximate surface area is 152 Å². The number of methoxy groups -OCH3 is 1. The van der Waals surface area contributed by atoms with Crippen LogP contribution in [0.3, 0.4) is 0 Å². The summed E-state index contributed by atoms with van der Waals surface area (Å²) in [6.07, 6.45) is 1.37. The lowest BCUT2D eigenvalue weighted by atomic mass is 9.95. The minimum Gasteiger partial charge on any atom is -0.503 e. The molecule has 2 heterocycles. The van der Waals surface area contributed by atoms with Crippen LogP contribution in [0.25, 0.3) is 0 Å². The third kappa shape index (κ3) is 3.25. The summed E-state index contributed by atoms with van der Waals surface area (Å²) < 4.78 is 11.1. The first kappa shape index (κ1) is 17.4. The zero-order valence-electron chi connectivity index (χ0n) is 13.4. The van der Waals surface area contributed by atoms with Crippen molar-refractivity contribution in [1.82, 2.24) is 4.90 Å². The number of Topliss-reactive ketones (excluding diaryl/α,β-unsaturated/α-hetero) is 1. The maximum atomic E-state index is 12.8.